The summed E-state index contributed by atoms with van der Waals surface area (Å²) in [4.78, 5) is 15.8. The molecule has 1 aromatic carbocycles. The third-order valence-corrected chi connectivity index (χ3v) is 5.70. The number of hydrogen-bond acceptors (Lipinski definition) is 3. The zero-order valence-electron chi connectivity index (χ0n) is 15.2. The molecule has 1 aliphatic carbocycles. The SMILES string of the molecule is COC(=O)c1cnc(Cl)c(CC2=Cc3c(C)cc(C(F)(F)F)cc3C2C)c1Cl. The molecule has 1 aliphatic rings. The maximum absolute atomic E-state index is 13.2. The van der Waals surface area contributed by atoms with Crippen molar-refractivity contribution in [3.8, 4) is 0 Å². The van der Waals surface area contributed by atoms with Crippen LogP contribution in [0.2, 0.25) is 10.2 Å². The lowest BCUT2D eigenvalue weighted by molar-refractivity contribution is -0.137. The fraction of sp³-hybridized carbons (Fsp3) is 0.300. The van der Waals surface area contributed by atoms with Gasteiger partial charge in [0.1, 0.15) is 5.15 Å². The number of hydrogen-bond donors (Lipinski definition) is 0. The number of benzene rings is 1. The number of allylic oxidation sites excluding steroid dienone is 1. The van der Waals surface area contributed by atoms with Crippen LogP contribution < -0.4 is 0 Å². The molecule has 0 radical (unpaired) electrons. The average Bonchev–Trinajstić information content (AvgIpc) is 2.94. The molecule has 0 N–H and O–H groups in total. The molecule has 0 bridgehead atoms. The Morgan fingerprint density at radius 1 is 1.29 bits per heavy atom. The van der Waals surface area contributed by atoms with E-state index in [4.69, 9.17) is 23.2 Å². The predicted octanol–water partition coefficient (Wildman–Crippen LogP) is 6.25. The Labute approximate surface area is 170 Å². The number of aryl methyl sites for hydroxylation is 1. The van der Waals surface area contributed by atoms with Crippen molar-refractivity contribution in [1.82, 2.24) is 4.98 Å². The number of halogens is 5. The fourth-order valence-electron chi connectivity index (χ4n) is 3.37. The molecule has 0 saturated carbocycles. The molecule has 3 rings (SSSR count). The highest BCUT2D eigenvalue weighted by molar-refractivity contribution is 6.37. The van der Waals surface area contributed by atoms with E-state index < -0.39 is 17.7 Å². The number of methoxy groups -OCH3 is 1. The smallest absolute Gasteiger partial charge is 0.416 e. The summed E-state index contributed by atoms with van der Waals surface area (Å²) < 4.78 is 44.2. The van der Waals surface area contributed by atoms with Gasteiger partial charge in [-0.3, -0.25) is 0 Å². The first-order chi connectivity index (χ1) is 13.0. The van der Waals surface area contributed by atoms with Crippen molar-refractivity contribution in [2.75, 3.05) is 7.11 Å². The monoisotopic (exact) mass is 429 g/mol. The highest BCUT2D eigenvalue weighted by atomic mass is 35.5. The molecule has 1 atom stereocenters. The molecule has 148 valence electrons. The maximum atomic E-state index is 13.2. The minimum absolute atomic E-state index is 0.0860. The number of fused-ring (bicyclic) bond motifs is 1. The molecule has 0 spiro atoms. The number of nitrogens with zero attached hydrogens (tertiary/aromatic N) is 1. The lowest BCUT2D eigenvalue weighted by Crippen LogP contribution is -2.08. The van der Waals surface area contributed by atoms with Crippen LogP contribution in [-0.4, -0.2) is 18.1 Å². The largest absolute Gasteiger partial charge is 0.465 e. The van der Waals surface area contributed by atoms with Crippen LogP contribution >= 0.6 is 23.2 Å². The van der Waals surface area contributed by atoms with Gasteiger partial charge in [0.15, 0.2) is 0 Å². The number of pyridine rings is 1. The van der Waals surface area contributed by atoms with Crippen LogP contribution in [0.25, 0.3) is 6.08 Å². The summed E-state index contributed by atoms with van der Waals surface area (Å²) in [7, 11) is 1.23. The molecule has 3 nitrogen and oxygen atoms in total. The lowest BCUT2D eigenvalue weighted by atomic mass is 9.91. The van der Waals surface area contributed by atoms with Gasteiger partial charge in [0.2, 0.25) is 0 Å². The summed E-state index contributed by atoms with van der Waals surface area (Å²) >= 11 is 12.5. The first-order valence-electron chi connectivity index (χ1n) is 8.38. The van der Waals surface area contributed by atoms with E-state index in [0.717, 1.165) is 17.2 Å². The van der Waals surface area contributed by atoms with Crippen molar-refractivity contribution in [2.45, 2.75) is 32.4 Å². The van der Waals surface area contributed by atoms with Crippen LogP contribution in [0.5, 0.6) is 0 Å². The van der Waals surface area contributed by atoms with E-state index in [1.165, 1.54) is 19.4 Å². The summed E-state index contributed by atoms with van der Waals surface area (Å²) in [6, 6.07) is 2.33. The third kappa shape index (κ3) is 3.63. The van der Waals surface area contributed by atoms with Crippen LogP contribution in [-0.2, 0) is 17.3 Å². The molecule has 0 fully saturated rings. The number of esters is 1. The van der Waals surface area contributed by atoms with Crippen LogP contribution in [0.3, 0.4) is 0 Å². The molecule has 0 amide bonds. The number of ether oxygens (including phenoxy) is 1. The lowest BCUT2D eigenvalue weighted by Gasteiger charge is -2.16. The second kappa shape index (κ2) is 7.41. The highest BCUT2D eigenvalue weighted by Gasteiger charge is 2.34. The van der Waals surface area contributed by atoms with Crippen molar-refractivity contribution < 1.29 is 22.7 Å². The summed E-state index contributed by atoms with van der Waals surface area (Å²) in [6.45, 7) is 3.48. The Morgan fingerprint density at radius 2 is 1.96 bits per heavy atom. The Kier molecular flexibility index (Phi) is 5.47. The van der Waals surface area contributed by atoms with Gasteiger partial charge in [-0.2, -0.15) is 13.2 Å². The van der Waals surface area contributed by atoms with Gasteiger partial charge in [-0.05, 0) is 42.2 Å². The van der Waals surface area contributed by atoms with Gasteiger partial charge in [0.25, 0.3) is 0 Å². The number of aromatic nitrogens is 1. The van der Waals surface area contributed by atoms with Gasteiger partial charge in [-0.25, -0.2) is 9.78 Å². The Balaban J connectivity index is 2.00. The van der Waals surface area contributed by atoms with Crippen LogP contribution in [0.1, 0.15) is 51.0 Å². The first kappa shape index (κ1) is 20.7. The van der Waals surface area contributed by atoms with Crippen molar-refractivity contribution in [3.05, 3.63) is 67.5 Å². The quantitative estimate of drug-likeness (QED) is 0.427. The van der Waals surface area contributed by atoms with E-state index in [2.05, 4.69) is 9.72 Å². The predicted molar refractivity (Wildman–Crippen MR) is 102 cm³/mol. The van der Waals surface area contributed by atoms with E-state index in [9.17, 15) is 18.0 Å². The van der Waals surface area contributed by atoms with Crippen molar-refractivity contribution in [1.29, 1.82) is 0 Å². The summed E-state index contributed by atoms with van der Waals surface area (Å²) in [5.41, 5.74) is 2.60. The molecule has 1 aromatic heterocycles. The molecule has 8 heteroatoms. The minimum Gasteiger partial charge on any atom is -0.465 e. The van der Waals surface area contributed by atoms with E-state index in [1.807, 2.05) is 13.0 Å². The molecule has 1 heterocycles. The van der Waals surface area contributed by atoms with Gasteiger partial charge in [0.05, 0.1) is 23.3 Å². The maximum Gasteiger partial charge on any atom is 0.416 e. The molecule has 0 aliphatic heterocycles. The Hall–Kier alpha value is -2.05. The zero-order chi connectivity index (χ0) is 20.8. The average molecular weight is 430 g/mol. The fourth-order valence-corrected chi connectivity index (χ4v) is 3.92. The van der Waals surface area contributed by atoms with Crippen molar-refractivity contribution in [3.63, 3.8) is 0 Å². The van der Waals surface area contributed by atoms with Gasteiger partial charge >= 0.3 is 12.1 Å². The van der Waals surface area contributed by atoms with Gasteiger partial charge in [-0.1, -0.05) is 41.8 Å². The molecular formula is C20H16Cl2F3NO2. The van der Waals surface area contributed by atoms with Gasteiger partial charge < -0.3 is 4.74 Å². The highest BCUT2D eigenvalue weighted by Crippen LogP contribution is 2.43. The molecular weight excluding hydrogens is 414 g/mol. The summed E-state index contributed by atoms with van der Waals surface area (Å²) in [5.74, 6) is -0.900. The van der Waals surface area contributed by atoms with E-state index in [1.54, 1.807) is 6.92 Å². The van der Waals surface area contributed by atoms with Crippen molar-refractivity contribution >= 4 is 35.2 Å². The number of rotatable bonds is 3. The van der Waals surface area contributed by atoms with Crippen molar-refractivity contribution in [2.24, 2.45) is 0 Å². The molecule has 2 aromatic rings. The standard InChI is InChI=1S/C20H16Cl2F3NO2/c1-9-4-12(20(23,24)25)7-14-10(2)11(5-13(9)14)6-15-17(21)16(19(27)28-3)8-26-18(15)22/h4-5,7-8,10H,6H2,1-3H3. The molecule has 0 saturated heterocycles. The second-order valence-electron chi connectivity index (χ2n) is 6.66. The topological polar surface area (TPSA) is 39.2 Å². The molecule has 1 unspecified atom stereocenters. The van der Waals surface area contributed by atoms with Crippen LogP contribution in [0.15, 0.2) is 23.9 Å². The molecule has 28 heavy (non-hydrogen) atoms. The Morgan fingerprint density at radius 3 is 2.57 bits per heavy atom. The first-order valence-corrected chi connectivity index (χ1v) is 9.13. The summed E-state index contributed by atoms with van der Waals surface area (Å²) in [6.07, 6.45) is -1.06. The minimum atomic E-state index is -4.41. The van der Waals surface area contributed by atoms with Crippen LogP contribution in [0, 0.1) is 6.92 Å². The number of carbonyl (C=O) groups excluding carboxylic acids is 1. The van der Waals surface area contributed by atoms with Gasteiger partial charge in [-0.15, -0.1) is 0 Å². The normalized spacial score (nSPS) is 16.0. The zero-order valence-corrected chi connectivity index (χ0v) is 16.8. The van der Waals surface area contributed by atoms with Gasteiger partial charge in [0, 0.05) is 17.7 Å². The second-order valence-corrected chi connectivity index (χ2v) is 7.39. The summed E-state index contributed by atoms with van der Waals surface area (Å²) in [5, 5.41) is 0.262. The Bertz CT molecular complexity index is 1000. The number of carbonyl (C=O) groups is 1. The third-order valence-electron chi connectivity index (χ3n) is 4.94. The van der Waals surface area contributed by atoms with E-state index in [-0.39, 0.29) is 28.1 Å². The number of alkyl halides is 3. The van der Waals surface area contributed by atoms with E-state index in [0.29, 0.717) is 16.7 Å². The van der Waals surface area contributed by atoms with Crippen LogP contribution in [0.4, 0.5) is 13.2 Å². The van der Waals surface area contributed by atoms with E-state index >= 15 is 0 Å².